The van der Waals surface area contributed by atoms with Crippen molar-refractivity contribution in [3.8, 4) is 0 Å². The van der Waals surface area contributed by atoms with Gasteiger partial charge in [-0.2, -0.15) is 5.10 Å². The summed E-state index contributed by atoms with van der Waals surface area (Å²) in [4.78, 5) is 42.0. The van der Waals surface area contributed by atoms with E-state index in [9.17, 15) is 14.4 Å². The van der Waals surface area contributed by atoms with Gasteiger partial charge in [-0.15, -0.1) is 0 Å². The molecule has 0 unspecified atom stereocenters. The van der Waals surface area contributed by atoms with Crippen molar-refractivity contribution < 1.29 is 14.4 Å². The van der Waals surface area contributed by atoms with Crippen molar-refractivity contribution in [2.45, 2.75) is 6.92 Å². The molecule has 0 saturated heterocycles. The van der Waals surface area contributed by atoms with Crippen molar-refractivity contribution >= 4 is 40.4 Å². The fourth-order valence-electron chi connectivity index (χ4n) is 3.76. The lowest BCUT2D eigenvalue weighted by Crippen LogP contribution is -2.16. The molecule has 0 saturated carbocycles. The number of hydrogen-bond donors (Lipinski definition) is 4. The number of aromatic nitrogens is 4. The highest BCUT2D eigenvalue weighted by Crippen LogP contribution is 2.33. The molecule has 0 spiro atoms. The number of carbonyl (C=O) groups excluding carboxylic acids is 3. The number of anilines is 3. The minimum absolute atomic E-state index is 0.203. The van der Waals surface area contributed by atoms with Gasteiger partial charge in [0.1, 0.15) is 5.82 Å². The number of amides is 2. The van der Waals surface area contributed by atoms with Crippen LogP contribution in [0, 0.1) is 6.92 Å². The van der Waals surface area contributed by atoms with Gasteiger partial charge in [0, 0.05) is 59.8 Å². The summed E-state index contributed by atoms with van der Waals surface area (Å²) < 4.78 is 1.62. The van der Waals surface area contributed by atoms with E-state index < -0.39 is 0 Å². The Morgan fingerprint density at radius 2 is 1.83 bits per heavy atom. The highest BCUT2D eigenvalue weighted by atomic mass is 16.2. The fraction of sp³-hybridized carbons (Fsp3) is 0.0800. The number of fused-ring (bicyclic) bond motifs is 1. The van der Waals surface area contributed by atoms with Gasteiger partial charge in [-0.1, -0.05) is 0 Å². The van der Waals surface area contributed by atoms with E-state index in [2.05, 4.69) is 31.1 Å². The second-order valence-corrected chi connectivity index (χ2v) is 8.06. The Balaban J connectivity index is 1.34. The van der Waals surface area contributed by atoms with Gasteiger partial charge >= 0.3 is 0 Å². The van der Waals surface area contributed by atoms with Crippen LogP contribution < -0.4 is 16.0 Å². The number of aromatic amines is 1. The molecule has 174 valence electrons. The van der Waals surface area contributed by atoms with Gasteiger partial charge in [0.15, 0.2) is 11.6 Å². The van der Waals surface area contributed by atoms with E-state index in [1.54, 1.807) is 72.7 Å². The highest BCUT2D eigenvalue weighted by molar-refractivity contribution is 6.32. The first kappa shape index (κ1) is 21.8. The van der Waals surface area contributed by atoms with E-state index >= 15 is 0 Å². The van der Waals surface area contributed by atoms with E-state index in [0.29, 0.717) is 39.5 Å². The molecule has 5 rings (SSSR count). The third kappa shape index (κ3) is 4.32. The molecule has 0 bridgehead atoms. The maximum Gasteiger partial charge on any atom is 0.291 e. The predicted molar refractivity (Wildman–Crippen MR) is 131 cm³/mol. The predicted octanol–water partition coefficient (Wildman–Crippen LogP) is 3.34. The normalized spacial score (nSPS) is 13.4. The molecule has 2 amide bonds. The van der Waals surface area contributed by atoms with Crippen LogP contribution in [-0.4, -0.2) is 37.3 Å². The quantitative estimate of drug-likeness (QED) is 0.254. The number of carbonyl (C=O) groups is 3. The minimum Gasteiger partial charge on any atom is -0.346 e. The van der Waals surface area contributed by atoms with Crippen LogP contribution in [0.4, 0.5) is 17.2 Å². The molecule has 1 aliphatic rings. The first-order valence-corrected chi connectivity index (χ1v) is 10.8. The van der Waals surface area contributed by atoms with Crippen LogP contribution in [0.15, 0.2) is 67.1 Å². The van der Waals surface area contributed by atoms with Crippen LogP contribution in [0.2, 0.25) is 0 Å². The molecule has 4 N–H and O–H groups in total. The number of rotatable bonds is 6. The number of hydrogen-bond acceptors (Lipinski definition) is 6. The van der Waals surface area contributed by atoms with Gasteiger partial charge in [-0.25, -0.2) is 4.98 Å². The lowest BCUT2D eigenvalue weighted by atomic mass is 9.98. The van der Waals surface area contributed by atoms with Crippen molar-refractivity contribution in [3.05, 3.63) is 95.3 Å². The lowest BCUT2D eigenvalue weighted by Gasteiger charge is -2.07. The second kappa shape index (κ2) is 8.75. The maximum atomic E-state index is 13.1. The number of benzene rings is 2. The molecule has 2 aromatic carbocycles. The Labute approximate surface area is 200 Å². The molecule has 35 heavy (non-hydrogen) atoms. The Morgan fingerprint density at radius 1 is 1.06 bits per heavy atom. The summed E-state index contributed by atoms with van der Waals surface area (Å²) in [7, 11) is 1.73. The van der Waals surface area contributed by atoms with Gasteiger partial charge < -0.3 is 20.5 Å². The number of aryl methyl sites for hydroxylation is 2. The van der Waals surface area contributed by atoms with Crippen molar-refractivity contribution in [2.24, 2.45) is 7.05 Å². The van der Waals surface area contributed by atoms with Gasteiger partial charge in [0.2, 0.25) is 0 Å². The first-order chi connectivity index (χ1) is 16.9. The average molecular weight is 467 g/mol. The monoisotopic (exact) mass is 467 g/mol. The summed E-state index contributed by atoms with van der Waals surface area (Å²) in [6.07, 6.45) is 4.82. The van der Waals surface area contributed by atoms with Gasteiger partial charge in [-0.05, 0) is 49.4 Å². The Kier molecular flexibility index (Phi) is 5.46. The van der Waals surface area contributed by atoms with Crippen LogP contribution in [0.25, 0.3) is 5.57 Å². The second-order valence-electron chi connectivity index (χ2n) is 8.06. The highest BCUT2D eigenvalue weighted by Gasteiger charge is 2.25. The van der Waals surface area contributed by atoms with Crippen LogP contribution in [0.1, 0.15) is 37.8 Å². The Hall–Kier alpha value is -4.99. The van der Waals surface area contributed by atoms with Gasteiger partial charge in [0.05, 0.1) is 11.3 Å². The third-order valence-corrected chi connectivity index (χ3v) is 5.57. The van der Waals surface area contributed by atoms with E-state index in [0.717, 1.165) is 5.69 Å². The molecule has 2 aromatic heterocycles. The molecule has 4 aromatic rings. The molecule has 0 fully saturated rings. The number of ketones is 1. The summed E-state index contributed by atoms with van der Waals surface area (Å²) in [5, 5.41) is 15.5. The Bertz CT molecular complexity index is 1500. The standard InChI is InChI=1S/C25H21N7O3/c1-14-11-21(31-30-14)27-13-19-18-12-16(5-8-20(18)29-24(19)34)22(33)15-3-6-17(7-4-15)28-25(35)23-26-9-10-32(23)2/h3-13H,1-2H3,(H,28,35)(H,29,34)(H2,27,30,31)/b19-13-. The summed E-state index contributed by atoms with van der Waals surface area (Å²) in [6, 6.07) is 13.5. The SMILES string of the molecule is Cc1cc(N/C=C2\C(=O)Nc3ccc(C(=O)c4ccc(NC(=O)c5nccn5C)cc4)cc32)[nH]n1. The average Bonchev–Trinajstić information content (AvgIpc) is 3.55. The summed E-state index contributed by atoms with van der Waals surface area (Å²) in [5.74, 6) is 0.128. The topological polar surface area (TPSA) is 134 Å². The fourth-order valence-corrected chi connectivity index (χ4v) is 3.76. The zero-order valence-corrected chi connectivity index (χ0v) is 18.9. The van der Waals surface area contributed by atoms with Gasteiger partial charge in [-0.3, -0.25) is 19.5 Å². The van der Waals surface area contributed by atoms with Gasteiger partial charge in [0.25, 0.3) is 11.8 Å². The molecule has 10 nitrogen and oxygen atoms in total. The third-order valence-electron chi connectivity index (χ3n) is 5.57. The molecule has 3 heterocycles. The smallest absolute Gasteiger partial charge is 0.291 e. The van der Waals surface area contributed by atoms with E-state index in [1.165, 1.54) is 0 Å². The summed E-state index contributed by atoms with van der Waals surface area (Å²) in [5.41, 5.74) is 3.92. The number of nitrogens with one attached hydrogen (secondary N) is 4. The van der Waals surface area contributed by atoms with E-state index in [-0.39, 0.29) is 23.4 Å². The first-order valence-electron chi connectivity index (χ1n) is 10.8. The molecule has 0 atom stereocenters. The number of nitrogens with zero attached hydrogens (tertiary/aromatic N) is 3. The lowest BCUT2D eigenvalue weighted by molar-refractivity contribution is -0.110. The van der Waals surface area contributed by atoms with Crippen LogP contribution >= 0.6 is 0 Å². The Morgan fingerprint density at radius 3 is 2.51 bits per heavy atom. The zero-order chi connectivity index (χ0) is 24.5. The molecule has 10 heteroatoms. The van der Waals surface area contributed by atoms with Crippen LogP contribution in [0.3, 0.4) is 0 Å². The zero-order valence-electron chi connectivity index (χ0n) is 18.9. The maximum absolute atomic E-state index is 13.1. The molecular weight excluding hydrogens is 446 g/mol. The minimum atomic E-state index is -0.342. The largest absolute Gasteiger partial charge is 0.346 e. The molecular formula is C25H21N7O3. The van der Waals surface area contributed by atoms with E-state index in [1.807, 2.05) is 13.0 Å². The number of H-pyrrole nitrogens is 1. The van der Waals surface area contributed by atoms with Crippen LogP contribution in [-0.2, 0) is 11.8 Å². The summed E-state index contributed by atoms with van der Waals surface area (Å²) in [6.45, 7) is 1.85. The molecule has 0 aliphatic carbocycles. The van der Waals surface area contributed by atoms with Crippen molar-refractivity contribution in [1.82, 2.24) is 19.7 Å². The van der Waals surface area contributed by atoms with Crippen molar-refractivity contribution in [3.63, 3.8) is 0 Å². The van der Waals surface area contributed by atoms with Crippen molar-refractivity contribution in [2.75, 3.05) is 16.0 Å². The molecule has 0 radical (unpaired) electrons. The van der Waals surface area contributed by atoms with Crippen LogP contribution in [0.5, 0.6) is 0 Å². The summed E-state index contributed by atoms with van der Waals surface area (Å²) >= 11 is 0. The number of imidazole rings is 1. The van der Waals surface area contributed by atoms with Crippen molar-refractivity contribution in [1.29, 1.82) is 0 Å². The van der Waals surface area contributed by atoms with E-state index in [4.69, 9.17) is 0 Å². The molecule has 1 aliphatic heterocycles.